The first kappa shape index (κ1) is 12.0. The summed E-state index contributed by atoms with van der Waals surface area (Å²) in [5.74, 6) is -5.43. The van der Waals surface area contributed by atoms with Crippen LogP contribution in [-0.4, -0.2) is 7.05 Å². The highest BCUT2D eigenvalue weighted by atomic mass is 19.2. The zero-order valence-electron chi connectivity index (χ0n) is 8.37. The maximum atomic E-state index is 13.2. The van der Waals surface area contributed by atoms with Gasteiger partial charge in [0.1, 0.15) is 0 Å². The van der Waals surface area contributed by atoms with E-state index in [1.54, 1.807) is 6.92 Å². The molecule has 15 heavy (non-hydrogen) atoms. The number of halogens is 4. The van der Waals surface area contributed by atoms with Gasteiger partial charge >= 0.3 is 0 Å². The van der Waals surface area contributed by atoms with Crippen molar-refractivity contribution in [3.63, 3.8) is 0 Å². The summed E-state index contributed by atoms with van der Waals surface area (Å²) in [6.45, 7) is 1.66. The summed E-state index contributed by atoms with van der Waals surface area (Å²) in [7, 11) is 1.47. The maximum Gasteiger partial charge on any atom is 0.166 e. The molecule has 0 saturated heterocycles. The standard InChI is InChI=1S/C10H11F4N/c1-3-7(15-2)8-9(13)5(11)4-6(12)10(8)14/h4,7,15H,3H2,1-2H3. The molecule has 0 aliphatic carbocycles. The molecule has 1 aromatic carbocycles. The van der Waals surface area contributed by atoms with Gasteiger partial charge in [-0.25, -0.2) is 17.6 Å². The average Bonchev–Trinajstić information content (AvgIpc) is 2.21. The van der Waals surface area contributed by atoms with E-state index in [1.165, 1.54) is 7.05 Å². The molecule has 0 fully saturated rings. The summed E-state index contributed by atoms with van der Waals surface area (Å²) < 4.78 is 52.2. The van der Waals surface area contributed by atoms with Crippen LogP contribution >= 0.6 is 0 Å². The average molecular weight is 221 g/mol. The van der Waals surface area contributed by atoms with Gasteiger partial charge in [0.15, 0.2) is 23.3 Å². The van der Waals surface area contributed by atoms with Crippen molar-refractivity contribution in [2.75, 3.05) is 7.05 Å². The van der Waals surface area contributed by atoms with Crippen molar-refractivity contribution in [3.8, 4) is 0 Å². The van der Waals surface area contributed by atoms with E-state index in [1.807, 2.05) is 0 Å². The predicted molar refractivity (Wildman–Crippen MR) is 48.4 cm³/mol. The molecule has 0 heterocycles. The van der Waals surface area contributed by atoms with E-state index in [0.717, 1.165) is 0 Å². The highest BCUT2D eigenvalue weighted by molar-refractivity contribution is 5.25. The van der Waals surface area contributed by atoms with Gasteiger partial charge in [0.25, 0.3) is 0 Å². The highest BCUT2D eigenvalue weighted by Crippen LogP contribution is 2.26. The molecule has 0 aromatic heterocycles. The second-order valence-electron chi connectivity index (χ2n) is 3.13. The molecule has 0 saturated carbocycles. The van der Waals surface area contributed by atoms with Crippen molar-refractivity contribution in [1.29, 1.82) is 0 Å². The van der Waals surface area contributed by atoms with Crippen molar-refractivity contribution >= 4 is 0 Å². The Morgan fingerprint density at radius 2 is 1.60 bits per heavy atom. The minimum atomic E-state index is -1.38. The molecular formula is C10H11F4N. The van der Waals surface area contributed by atoms with Crippen molar-refractivity contribution in [2.45, 2.75) is 19.4 Å². The van der Waals surface area contributed by atoms with Gasteiger partial charge in [-0.1, -0.05) is 6.92 Å². The second kappa shape index (κ2) is 4.61. The molecule has 0 bridgehead atoms. The Balaban J connectivity index is 3.37. The quantitative estimate of drug-likeness (QED) is 0.611. The summed E-state index contributed by atoms with van der Waals surface area (Å²) in [5.41, 5.74) is -0.586. The SMILES string of the molecule is CCC(NC)c1c(F)c(F)cc(F)c1F. The first-order chi connectivity index (χ1) is 7.02. The zero-order chi connectivity index (χ0) is 11.6. The van der Waals surface area contributed by atoms with Gasteiger partial charge in [0, 0.05) is 17.7 Å². The molecule has 1 aromatic rings. The number of hydrogen-bond acceptors (Lipinski definition) is 1. The molecule has 0 spiro atoms. The van der Waals surface area contributed by atoms with Crippen molar-refractivity contribution in [1.82, 2.24) is 5.32 Å². The van der Waals surface area contributed by atoms with Crippen LogP contribution in [-0.2, 0) is 0 Å². The molecule has 0 aliphatic heterocycles. The van der Waals surface area contributed by atoms with Gasteiger partial charge in [-0.2, -0.15) is 0 Å². The third-order valence-electron chi connectivity index (χ3n) is 2.25. The van der Waals surface area contributed by atoms with Crippen LogP contribution in [0, 0.1) is 23.3 Å². The minimum Gasteiger partial charge on any atom is -0.313 e. The van der Waals surface area contributed by atoms with Crippen LogP contribution in [0.3, 0.4) is 0 Å². The van der Waals surface area contributed by atoms with Crippen molar-refractivity contribution in [3.05, 3.63) is 34.9 Å². The normalized spacial score (nSPS) is 12.9. The van der Waals surface area contributed by atoms with E-state index in [0.29, 0.717) is 6.42 Å². The fourth-order valence-corrected chi connectivity index (χ4v) is 1.45. The predicted octanol–water partition coefficient (Wildman–Crippen LogP) is 2.91. The summed E-state index contributed by atoms with van der Waals surface area (Å²) >= 11 is 0. The molecule has 0 amide bonds. The van der Waals surface area contributed by atoms with Crippen LogP contribution in [0.4, 0.5) is 17.6 Å². The first-order valence-electron chi connectivity index (χ1n) is 4.53. The third-order valence-corrected chi connectivity index (χ3v) is 2.25. The Hall–Kier alpha value is -1.10. The van der Waals surface area contributed by atoms with Crippen LogP contribution in [0.15, 0.2) is 6.07 Å². The molecule has 5 heteroatoms. The Labute approximate surface area is 85.1 Å². The molecular weight excluding hydrogens is 210 g/mol. The van der Waals surface area contributed by atoms with Gasteiger partial charge in [0.05, 0.1) is 0 Å². The van der Waals surface area contributed by atoms with Crippen LogP contribution in [0.25, 0.3) is 0 Å². The number of rotatable bonds is 3. The topological polar surface area (TPSA) is 12.0 Å². The maximum absolute atomic E-state index is 13.2. The number of nitrogens with one attached hydrogen (secondary N) is 1. The molecule has 84 valence electrons. The number of benzene rings is 1. The van der Waals surface area contributed by atoms with Gasteiger partial charge in [0.2, 0.25) is 0 Å². The molecule has 1 atom stereocenters. The van der Waals surface area contributed by atoms with E-state index in [-0.39, 0.29) is 6.07 Å². The first-order valence-corrected chi connectivity index (χ1v) is 4.53. The molecule has 0 radical (unpaired) electrons. The van der Waals surface area contributed by atoms with Crippen LogP contribution in [0.5, 0.6) is 0 Å². The lowest BCUT2D eigenvalue weighted by Gasteiger charge is -2.16. The van der Waals surface area contributed by atoms with E-state index in [2.05, 4.69) is 5.32 Å². The summed E-state index contributed by atoms with van der Waals surface area (Å²) in [4.78, 5) is 0. The molecule has 1 nitrogen and oxygen atoms in total. The third kappa shape index (κ3) is 2.12. The monoisotopic (exact) mass is 221 g/mol. The Morgan fingerprint density at radius 1 is 1.13 bits per heavy atom. The van der Waals surface area contributed by atoms with Gasteiger partial charge < -0.3 is 5.32 Å². The molecule has 1 N–H and O–H groups in total. The summed E-state index contributed by atoms with van der Waals surface area (Å²) in [6.07, 6.45) is 0.327. The Bertz CT molecular complexity index is 335. The number of hydrogen-bond donors (Lipinski definition) is 1. The summed E-state index contributed by atoms with van der Waals surface area (Å²) in [6, 6.07) is -0.536. The zero-order valence-corrected chi connectivity index (χ0v) is 8.37. The highest BCUT2D eigenvalue weighted by Gasteiger charge is 2.23. The fourth-order valence-electron chi connectivity index (χ4n) is 1.45. The van der Waals surface area contributed by atoms with E-state index in [4.69, 9.17) is 0 Å². The lowest BCUT2D eigenvalue weighted by molar-refractivity contribution is 0.411. The summed E-state index contributed by atoms with van der Waals surface area (Å²) in [5, 5.41) is 2.59. The van der Waals surface area contributed by atoms with Crippen LogP contribution < -0.4 is 5.32 Å². The van der Waals surface area contributed by atoms with Gasteiger partial charge in [-0.05, 0) is 13.5 Å². The van der Waals surface area contributed by atoms with E-state index >= 15 is 0 Å². The second-order valence-corrected chi connectivity index (χ2v) is 3.13. The lowest BCUT2D eigenvalue weighted by atomic mass is 10.0. The Kier molecular flexibility index (Phi) is 3.68. The van der Waals surface area contributed by atoms with E-state index < -0.39 is 34.9 Å². The van der Waals surface area contributed by atoms with Crippen LogP contribution in [0.1, 0.15) is 24.9 Å². The largest absolute Gasteiger partial charge is 0.313 e. The van der Waals surface area contributed by atoms with Gasteiger partial charge in [-0.15, -0.1) is 0 Å². The smallest absolute Gasteiger partial charge is 0.166 e. The van der Waals surface area contributed by atoms with Crippen molar-refractivity contribution < 1.29 is 17.6 Å². The fraction of sp³-hybridized carbons (Fsp3) is 0.400. The molecule has 1 rings (SSSR count). The van der Waals surface area contributed by atoms with Crippen LogP contribution in [0.2, 0.25) is 0 Å². The van der Waals surface area contributed by atoms with Crippen molar-refractivity contribution in [2.24, 2.45) is 0 Å². The minimum absolute atomic E-state index is 0.205. The van der Waals surface area contributed by atoms with Gasteiger partial charge in [-0.3, -0.25) is 0 Å². The Morgan fingerprint density at radius 3 is 1.93 bits per heavy atom. The lowest BCUT2D eigenvalue weighted by Crippen LogP contribution is -2.19. The molecule has 0 aliphatic rings. The molecule has 1 unspecified atom stereocenters. The van der Waals surface area contributed by atoms with E-state index in [9.17, 15) is 17.6 Å².